The summed E-state index contributed by atoms with van der Waals surface area (Å²) in [7, 11) is 1.92. The van der Waals surface area contributed by atoms with Crippen molar-refractivity contribution in [3.05, 3.63) is 18.0 Å². The molecule has 1 aromatic heterocycles. The third-order valence-corrected chi connectivity index (χ3v) is 2.92. The third-order valence-electron chi connectivity index (χ3n) is 2.92. The Morgan fingerprint density at radius 1 is 1.60 bits per heavy atom. The number of nitrogens with zero attached hydrogens (tertiary/aromatic N) is 3. The predicted octanol–water partition coefficient (Wildman–Crippen LogP) is 0.831. The Hall–Kier alpha value is -1.16. The smallest absolute Gasteiger partial charge is 0.138 e. The van der Waals surface area contributed by atoms with E-state index in [1.807, 2.05) is 31.0 Å². The van der Waals surface area contributed by atoms with Gasteiger partial charge in [0.05, 0.1) is 6.20 Å². The molecule has 2 heterocycles. The monoisotopic (exact) mass is 207 g/mol. The first kappa shape index (κ1) is 10.4. The number of carbonyl (C=O) groups is 1. The van der Waals surface area contributed by atoms with Gasteiger partial charge in [-0.3, -0.25) is 14.4 Å². The number of hydrogen-bond donors (Lipinski definition) is 0. The minimum Gasteiger partial charge on any atom is -0.299 e. The quantitative estimate of drug-likeness (QED) is 0.721. The molecule has 82 valence electrons. The van der Waals surface area contributed by atoms with E-state index in [2.05, 4.69) is 10.00 Å². The average molecular weight is 207 g/mol. The number of likely N-dealkylation sites (tertiary alicyclic amines) is 1. The van der Waals surface area contributed by atoms with Crippen molar-refractivity contribution >= 4 is 5.78 Å². The normalized spacial score (nSPS) is 23.3. The highest BCUT2D eigenvalue weighted by Crippen LogP contribution is 2.14. The molecule has 0 spiro atoms. The zero-order chi connectivity index (χ0) is 10.8. The minimum atomic E-state index is 0.190. The fourth-order valence-electron chi connectivity index (χ4n) is 2.05. The summed E-state index contributed by atoms with van der Waals surface area (Å²) in [6.45, 7) is 4.69. The van der Waals surface area contributed by atoms with E-state index in [4.69, 9.17) is 0 Å². The maximum Gasteiger partial charge on any atom is 0.138 e. The van der Waals surface area contributed by atoms with Crippen LogP contribution in [0.25, 0.3) is 0 Å². The van der Waals surface area contributed by atoms with E-state index >= 15 is 0 Å². The Labute approximate surface area is 89.9 Å². The first-order valence-corrected chi connectivity index (χ1v) is 5.38. The van der Waals surface area contributed by atoms with E-state index in [0.717, 1.165) is 19.6 Å². The molecule has 0 radical (unpaired) electrons. The molecule has 0 amide bonds. The van der Waals surface area contributed by atoms with Crippen LogP contribution in [0.3, 0.4) is 0 Å². The zero-order valence-electron chi connectivity index (χ0n) is 9.31. The molecule has 1 aliphatic heterocycles. The second-order valence-corrected chi connectivity index (χ2v) is 4.37. The van der Waals surface area contributed by atoms with Gasteiger partial charge in [0.1, 0.15) is 5.78 Å². The summed E-state index contributed by atoms with van der Waals surface area (Å²) in [6, 6.07) is 0. The van der Waals surface area contributed by atoms with Crippen molar-refractivity contribution in [3.63, 3.8) is 0 Å². The zero-order valence-corrected chi connectivity index (χ0v) is 9.31. The second kappa shape index (κ2) is 4.14. The topological polar surface area (TPSA) is 38.1 Å². The average Bonchev–Trinajstić information content (AvgIpc) is 2.58. The Morgan fingerprint density at radius 3 is 3.00 bits per heavy atom. The van der Waals surface area contributed by atoms with E-state index in [1.54, 1.807) is 0 Å². The molecule has 0 aromatic carbocycles. The summed E-state index contributed by atoms with van der Waals surface area (Å²) in [4.78, 5) is 13.7. The van der Waals surface area contributed by atoms with Crippen LogP contribution in [-0.2, 0) is 18.4 Å². The first-order chi connectivity index (χ1) is 7.15. The molecule has 0 aliphatic carbocycles. The lowest BCUT2D eigenvalue weighted by Gasteiger charge is -2.29. The van der Waals surface area contributed by atoms with Gasteiger partial charge in [0.25, 0.3) is 0 Å². The van der Waals surface area contributed by atoms with Gasteiger partial charge in [-0.1, -0.05) is 6.92 Å². The van der Waals surface area contributed by atoms with E-state index < -0.39 is 0 Å². The highest BCUT2D eigenvalue weighted by atomic mass is 16.1. The summed E-state index contributed by atoms with van der Waals surface area (Å²) >= 11 is 0. The van der Waals surface area contributed by atoms with Crippen molar-refractivity contribution in [2.24, 2.45) is 13.0 Å². The summed E-state index contributed by atoms with van der Waals surface area (Å²) in [6.07, 6.45) is 4.61. The standard InChI is InChI=1S/C11H17N3O/c1-9-6-14(4-3-11(9)15)8-10-5-12-13(2)7-10/h5,7,9H,3-4,6,8H2,1-2H3. The summed E-state index contributed by atoms with van der Waals surface area (Å²) in [5.41, 5.74) is 1.22. The van der Waals surface area contributed by atoms with Crippen molar-refractivity contribution in [2.45, 2.75) is 19.9 Å². The van der Waals surface area contributed by atoms with Crippen molar-refractivity contribution in [3.8, 4) is 0 Å². The molecule has 1 saturated heterocycles. The molecular weight excluding hydrogens is 190 g/mol. The van der Waals surface area contributed by atoms with Crippen LogP contribution in [0.5, 0.6) is 0 Å². The SMILES string of the molecule is CC1CN(Cc2cnn(C)c2)CCC1=O. The van der Waals surface area contributed by atoms with E-state index in [1.165, 1.54) is 5.56 Å². The van der Waals surface area contributed by atoms with Gasteiger partial charge in [0.2, 0.25) is 0 Å². The largest absolute Gasteiger partial charge is 0.299 e. The fourth-order valence-corrected chi connectivity index (χ4v) is 2.05. The molecule has 4 nitrogen and oxygen atoms in total. The van der Waals surface area contributed by atoms with Crippen LogP contribution >= 0.6 is 0 Å². The first-order valence-electron chi connectivity index (χ1n) is 5.38. The minimum absolute atomic E-state index is 0.190. The Kier molecular flexibility index (Phi) is 2.86. The number of carbonyl (C=O) groups excluding carboxylic acids is 1. The number of Topliss-reactive ketones (excluding diaryl/α,β-unsaturated/α-hetero) is 1. The van der Waals surface area contributed by atoms with Crippen LogP contribution < -0.4 is 0 Å². The molecule has 1 fully saturated rings. The number of hydrogen-bond acceptors (Lipinski definition) is 3. The maximum absolute atomic E-state index is 11.4. The van der Waals surface area contributed by atoms with Crippen LogP contribution in [0, 0.1) is 5.92 Å². The lowest BCUT2D eigenvalue weighted by Crippen LogP contribution is -2.38. The van der Waals surface area contributed by atoms with Crippen molar-refractivity contribution in [1.29, 1.82) is 0 Å². The van der Waals surface area contributed by atoms with Gasteiger partial charge in [0, 0.05) is 50.8 Å². The number of aromatic nitrogens is 2. The number of ketones is 1. The summed E-state index contributed by atoms with van der Waals surface area (Å²) in [5, 5.41) is 4.14. The van der Waals surface area contributed by atoms with E-state index in [0.29, 0.717) is 12.2 Å². The van der Waals surface area contributed by atoms with Gasteiger partial charge in [0.15, 0.2) is 0 Å². The lowest BCUT2D eigenvalue weighted by atomic mass is 9.98. The molecule has 1 atom stereocenters. The molecule has 0 bridgehead atoms. The number of rotatable bonds is 2. The Balaban J connectivity index is 1.93. The molecule has 1 aliphatic rings. The van der Waals surface area contributed by atoms with Crippen LogP contribution in [-0.4, -0.2) is 33.6 Å². The van der Waals surface area contributed by atoms with E-state index in [9.17, 15) is 4.79 Å². The summed E-state index contributed by atoms with van der Waals surface area (Å²) < 4.78 is 1.81. The van der Waals surface area contributed by atoms with Crippen LogP contribution in [0.15, 0.2) is 12.4 Å². The van der Waals surface area contributed by atoms with Gasteiger partial charge in [-0.15, -0.1) is 0 Å². The molecule has 15 heavy (non-hydrogen) atoms. The molecule has 2 rings (SSSR count). The highest BCUT2D eigenvalue weighted by Gasteiger charge is 2.23. The van der Waals surface area contributed by atoms with Crippen LogP contribution in [0.2, 0.25) is 0 Å². The second-order valence-electron chi connectivity index (χ2n) is 4.37. The molecule has 4 heteroatoms. The van der Waals surface area contributed by atoms with Gasteiger partial charge in [-0.05, 0) is 0 Å². The molecule has 0 N–H and O–H groups in total. The van der Waals surface area contributed by atoms with Crippen LogP contribution in [0.1, 0.15) is 18.9 Å². The number of aryl methyl sites for hydroxylation is 1. The molecular formula is C11H17N3O. The predicted molar refractivity (Wildman–Crippen MR) is 57.3 cm³/mol. The molecule has 1 aromatic rings. The van der Waals surface area contributed by atoms with Gasteiger partial charge in [-0.25, -0.2) is 0 Å². The fraction of sp³-hybridized carbons (Fsp3) is 0.636. The van der Waals surface area contributed by atoms with Crippen molar-refractivity contribution in [2.75, 3.05) is 13.1 Å². The Bertz CT molecular complexity index is 358. The third kappa shape index (κ3) is 2.45. The van der Waals surface area contributed by atoms with Crippen LogP contribution in [0.4, 0.5) is 0 Å². The highest BCUT2D eigenvalue weighted by molar-refractivity contribution is 5.81. The maximum atomic E-state index is 11.4. The Morgan fingerprint density at radius 2 is 2.40 bits per heavy atom. The molecule has 1 unspecified atom stereocenters. The van der Waals surface area contributed by atoms with Gasteiger partial charge >= 0.3 is 0 Å². The van der Waals surface area contributed by atoms with Gasteiger partial charge in [-0.2, -0.15) is 5.10 Å². The van der Waals surface area contributed by atoms with Crippen molar-refractivity contribution in [1.82, 2.24) is 14.7 Å². The summed E-state index contributed by atoms with van der Waals surface area (Å²) in [5.74, 6) is 0.591. The van der Waals surface area contributed by atoms with Gasteiger partial charge < -0.3 is 0 Å². The number of piperidine rings is 1. The molecule has 0 saturated carbocycles. The van der Waals surface area contributed by atoms with E-state index in [-0.39, 0.29) is 5.92 Å². The van der Waals surface area contributed by atoms with Crippen molar-refractivity contribution < 1.29 is 4.79 Å². The lowest BCUT2D eigenvalue weighted by molar-refractivity contribution is -0.125.